The molecule has 2 aromatic carbocycles. The molecule has 2 aromatic rings. The Bertz CT molecular complexity index is 845. The topological polar surface area (TPSA) is 84.0 Å². The van der Waals surface area contributed by atoms with E-state index in [1.807, 2.05) is 6.07 Å². The molecule has 0 radical (unpaired) electrons. The molecule has 0 spiro atoms. The second kappa shape index (κ2) is 6.06. The lowest BCUT2D eigenvalue weighted by Crippen LogP contribution is -2.06. The molecule has 0 fully saturated rings. The quantitative estimate of drug-likeness (QED) is 0.819. The van der Waals surface area contributed by atoms with Crippen molar-refractivity contribution in [2.24, 2.45) is 0 Å². The van der Waals surface area contributed by atoms with Gasteiger partial charge in [-0.2, -0.15) is 5.26 Å². The van der Waals surface area contributed by atoms with Crippen LogP contribution in [0.15, 0.2) is 45.8 Å². The molecule has 0 unspecified atom stereocenters. The number of benzene rings is 2. The molecule has 108 valence electrons. The van der Waals surface area contributed by atoms with Gasteiger partial charge in [0.2, 0.25) is 0 Å². The molecule has 0 saturated carbocycles. The van der Waals surface area contributed by atoms with Gasteiger partial charge in [-0.15, -0.1) is 0 Å². The third-order valence-electron chi connectivity index (χ3n) is 2.82. The molecule has 0 aromatic heterocycles. The van der Waals surface area contributed by atoms with Crippen molar-refractivity contribution in [1.82, 2.24) is 0 Å². The number of halogens is 2. The van der Waals surface area contributed by atoms with Crippen molar-refractivity contribution in [3.8, 4) is 6.07 Å². The van der Waals surface area contributed by atoms with Crippen molar-refractivity contribution in [2.75, 3.05) is 5.73 Å². The molecule has 0 saturated heterocycles. The first kappa shape index (κ1) is 15.8. The summed E-state index contributed by atoms with van der Waals surface area (Å²) in [4.78, 5) is 0.150. The fraction of sp³-hybridized carbons (Fsp3) is 0.0714. The van der Waals surface area contributed by atoms with E-state index in [2.05, 4.69) is 15.9 Å². The van der Waals surface area contributed by atoms with Gasteiger partial charge in [0.15, 0.2) is 9.84 Å². The number of rotatable bonds is 3. The number of nitriles is 1. The van der Waals surface area contributed by atoms with Gasteiger partial charge in [0, 0.05) is 15.2 Å². The first-order chi connectivity index (χ1) is 9.83. The molecule has 0 heterocycles. The molecule has 2 rings (SSSR count). The highest BCUT2D eigenvalue weighted by atomic mass is 79.9. The minimum atomic E-state index is -3.57. The zero-order valence-electron chi connectivity index (χ0n) is 10.7. The summed E-state index contributed by atoms with van der Waals surface area (Å²) in [5.41, 5.74) is 6.90. The lowest BCUT2D eigenvalue weighted by atomic mass is 10.2. The number of hydrogen-bond donors (Lipinski definition) is 1. The van der Waals surface area contributed by atoms with Crippen LogP contribution in [-0.4, -0.2) is 8.42 Å². The molecule has 2 N–H and O–H groups in total. The van der Waals surface area contributed by atoms with Gasteiger partial charge in [0.25, 0.3) is 0 Å². The molecular formula is C14H10BrClN2O2S. The van der Waals surface area contributed by atoms with Crippen LogP contribution in [0.3, 0.4) is 0 Å². The number of nitrogen functional groups attached to an aromatic ring is 1. The highest BCUT2D eigenvalue weighted by molar-refractivity contribution is 9.10. The summed E-state index contributed by atoms with van der Waals surface area (Å²) in [7, 11) is -3.57. The van der Waals surface area contributed by atoms with Crippen LogP contribution in [0.4, 0.5) is 5.69 Å². The number of nitrogens with zero attached hydrogens (tertiary/aromatic N) is 1. The van der Waals surface area contributed by atoms with E-state index in [4.69, 9.17) is 22.6 Å². The van der Waals surface area contributed by atoms with Crippen molar-refractivity contribution >= 4 is 43.1 Å². The standard InChI is InChI=1S/C14H10BrClN2O2S/c15-12-6-11(18)3-4-14(12)21(19,20)8-10-2-1-9(7-17)5-13(10)16/h1-6H,8,18H2. The molecule has 0 bridgehead atoms. The van der Waals surface area contributed by atoms with Gasteiger partial charge in [-0.1, -0.05) is 17.7 Å². The Hall–Kier alpha value is -1.55. The number of sulfone groups is 1. The van der Waals surface area contributed by atoms with Gasteiger partial charge >= 0.3 is 0 Å². The average Bonchev–Trinajstić information content (AvgIpc) is 2.40. The Morgan fingerprint density at radius 1 is 1.24 bits per heavy atom. The van der Waals surface area contributed by atoms with Gasteiger partial charge in [-0.25, -0.2) is 8.42 Å². The van der Waals surface area contributed by atoms with Gasteiger partial charge in [-0.3, -0.25) is 0 Å². The Labute approximate surface area is 136 Å². The van der Waals surface area contributed by atoms with E-state index < -0.39 is 9.84 Å². The van der Waals surface area contributed by atoms with Crippen LogP contribution in [0.2, 0.25) is 5.02 Å². The molecule has 0 aliphatic rings. The fourth-order valence-electron chi connectivity index (χ4n) is 1.79. The van der Waals surface area contributed by atoms with Crippen molar-refractivity contribution < 1.29 is 8.42 Å². The lowest BCUT2D eigenvalue weighted by Gasteiger charge is -2.09. The largest absolute Gasteiger partial charge is 0.399 e. The first-order valence-corrected chi connectivity index (χ1v) is 8.62. The molecule has 0 atom stereocenters. The van der Waals surface area contributed by atoms with Crippen molar-refractivity contribution in [2.45, 2.75) is 10.6 Å². The third-order valence-corrected chi connectivity index (χ3v) is 5.81. The van der Waals surface area contributed by atoms with Crippen LogP contribution in [-0.2, 0) is 15.6 Å². The molecule has 0 aliphatic heterocycles. The first-order valence-electron chi connectivity index (χ1n) is 5.80. The zero-order chi connectivity index (χ0) is 15.6. The highest BCUT2D eigenvalue weighted by Gasteiger charge is 2.20. The molecule has 0 amide bonds. The predicted octanol–water partition coefficient (Wildman–Crippen LogP) is 3.53. The fourth-order valence-corrected chi connectivity index (χ4v) is 4.70. The molecule has 21 heavy (non-hydrogen) atoms. The average molecular weight is 386 g/mol. The van der Waals surface area contributed by atoms with Crippen molar-refractivity contribution in [1.29, 1.82) is 5.26 Å². The maximum Gasteiger partial charge on any atom is 0.183 e. The van der Waals surface area contributed by atoms with Gasteiger partial charge in [0.05, 0.1) is 22.3 Å². The third kappa shape index (κ3) is 3.56. The van der Waals surface area contributed by atoms with Crippen LogP contribution >= 0.6 is 27.5 Å². The van der Waals surface area contributed by atoms with Crippen LogP contribution < -0.4 is 5.73 Å². The minimum absolute atomic E-state index is 0.150. The van der Waals surface area contributed by atoms with E-state index in [1.54, 1.807) is 6.07 Å². The SMILES string of the molecule is N#Cc1ccc(CS(=O)(=O)c2ccc(N)cc2Br)c(Cl)c1. The normalized spacial score (nSPS) is 11.1. The second-order valence-corrected chi connectivity index (χ2v) is 7.59. The Morgan fingerprint density at radius 2 is 1.95 bits per heavy atom. The predicted molar refractivity (Wildman–Crippen MR) is 85.6 cm³/mol. The molecular weight excluding hydrogens is 376 g/mol. The summed E-state index contributed by atoms with van der Waals surface area (Å²) in [5, 5.41) is 9.03. The number of nitrogens with two attached hydrogens (primary N) is 1. The summed E-state index contributed by atoms with van der Waals surface area (Å²) in [6, 6.07) is 11.0. The number of anilines is 1. The van der Waals surface area contributed by atoms with E-state index in [1.165, 1.54) is 30.3 Å². The minimum Gasteiger partial charge on any atom is -0.399 e. The van der Waals surface area contributed by atoms with E-state index in [9.17, 15) is 8.42 Å². The van der Waals surface area contributed by atoms with Crippen LogP contribution in [0, 0.1) is 11.3 Å². The summed E-state index contributed by atoms with van der Waals surface area (Å²) in [6.45, 7) is 0. The lowest BCUT2D eigenvalue weighted by molar-refractivity contribution is 0.595. The van der Waals surface area contributed by atoms with E-state index in [0.717, 1.165) is 0 Å². The van der Waals surface area contributed by atoms with Gasteiger partial charge in [0.1, 0.15) is 0 Å². The van der Waals surface area contributed by atoms with Crippen molar-refractivity contribution in [3.63, 3.8) is 0 Å². The van der Waals surface area contributed by atoms with E-state index in [-0.39, 0.29) is 15.7 Å². The molecule has 4 nitrogen and oxygen atoms in total. The summed E-state index contributed by atoms with van der Waals surface area (Å²) in [5.74, 6) is -0.250. The van der Waals surface area contributed by atoms with Gasteiger partial charge < -0.3 is 5.73 Å². The Morgan fingerprint density at radius 3 is 2.52 bits per heavy atom. The molecule has 0 aliphatic carbocycles. The van der Waals surface area contributed by atoms with E-state index in [0.29, 0.717) is 21.3 Å². The van der Waals surface area contributed by atoms with Crippen LogP contribution in [0.25, 0.3) is 0 Å². The maximum atomic E-state index is 12.4. The van der Waals surface area contributed by atoms with E-state index >= 15 is 0 Å². The second-order valence-electron chi connectivity index (χ2n) is 4.37. The maximum absolute atomic E-state index is 12.4. The number of hydrogen-bond acceptors (Lipinski definition) is 4. The summed E-state index contributed by atoms with van der Waals surface area (Å²) >= 11 is 9.22. The summed E-state index contributed by atoms with van der Waals surface area (Å²) < 4.78 is 25.3. The Balaban J connectivity index is 2.40. The smallest absolute Gasteiger partial charge is 0.183 e. The van der Waals surface area contributed by atoms with Crippen LogP contribution in [0.5, 0.6) is 0 Å². The Kier molecular flexibility index (Phi) is 4.57. The van der Waals surface area contributed by atoms with Crippen molar-refractivity contribution in [3.05, 3.63) is 57.0 Å². The molecule has 7 heteroatoms. The monoisotopic (exact) mass is 384 g/mol. The van der Waals surface area contributed by atoms with Gasteiger partial charge in [-0.05, 0) is 51.8 Å². The zero-order valence-corrected chi connectivity index (χ0v) is 13.8. The highest BCUT2D eigenvalue weighted by Crippen LogP contribution is 2.29. The summed E-state index contributed by atoms with van der Waals surface area (Å²) in [6.07, 6.45) is 0. The van der Waals surface area contributed by atoms with Crippen LogP contribution in [0.1, 0.15) is 11.1 Å².